The van der Waals surface area contributed by atoms with Gasteiger partial charge < -0.3 is 4.74 Å². The van der Waals surface area contributed by atoms with Crippen molar-refractivity contribution >= 4 is 5.57 Å². The molecule has 0 radical (unpaired) electrons. The zero-order valence-corrected chi connectivity index (χ0v) is 14.1. The molecule has 1 aromatic rings. The maximum atomic E-state index is 13.8. The van der Waals surface area contributed by atoms with Crippen LogP contribution in [0.15, 0.2) is 24.3 Å². The van der Waals surface area contributed by atoms with Gasteiger partial charge in [-0.2, -0.15) is 0 Å². The van der Waals surface area contributed by atoms with Crippen LogP contribution in [-0.2, 0) is 0 Å². The first-order chi connectivity index (χ1) is 11.3. The normalized spacial score (nSPS) is 22.5. The van der Waals surface area contributed by atoms with Crippen LogP contribution < -0.4 is 4.74 Å². The van der Waals surface area contributed by atoms with Crippen molar-refractivity contribution in [3.8, 4) is 5.75 Å². The molecule has 0 amide bonds. The Labute approximate surface area is 140 Å². The van der Waals surface area contributed by atoms with E-state index < -0.39 is 17.9 Å². The molecule has 1 saturated carbocycles. The summed E-state index contributed by atoms with van der Waals surface area (Å²) in [7, 11) is 0. The third-order valence-corrected chi connectivity index (χ3v) is 4.69. The van der Waals surface area contributed by atoms with Crippen molar-refractivity contribution in [2.24, 2.45) is 11.8 Å². The molecule has 5 heteroatoms. The molecule has 0 aliphatic heterocycles. The smallest absolute Gasteiger partial charge is 0.403 e. The summed E-state index contributed by atoms with van der Waals surface area (Å²) in [6.07, 6.45) is 4.42. The van der Waals surface area contributed by atoms with Crippen molar-refractivity contribution in [1.82, 2.24) is 0 Å². The van der Waals surface area contributed by atoms with Gasteiger partial charge in [-0.1, -0.05) is 31.9 Å². The standard InChI is InChI=1S/C19H24F4O/c1-3-4-14-5-7-15(8-6-14)11-13(2)16-9-10-18(17(20)12-16)24-19(21,22)23/h9-12,14-15H,3-8H2,1-2H3/b13-11+. The average molecular weight is 344 g/mol. The lowest BCUT2D eigenvalue weighted by Gasteiger charge is -2.27. The second-order valence-corrected chi connectivity index (χ2v) is 6.61. The Bertz CT molecular complexity index is 569. The highest BCUT2D eigenvalue weighted by molar-refractivity contribution is 5.64. The molecule has 1 nitrogen and oxygen atoms in total. The summed E-state index contributed by atoms with van der Waals surface area (Å²) in [5, 5.41) is 0. The fraction of sp³-hybridized carbons (Fsp3) is 0.579. The first-order valence-electron chi connectivity index (χ1n) is 8.52. The SMILES string of the molecule is CCCC1CCC(/C=C(\C)c2ccc(OC(F)(F)F)c(F)c2)CC1. The molecule has 0 aromatic heterocycles. The van der Waals surface area contributed by atoms with E-state index in [1.165, 1.54) is 31.7 Å². The Hall–Kier alpha value is -1.52. The molecule has 0 saturated heterocycles. The van der Waals surface area contributed by atoms with Crippen molar-refractivity contribution in [2.45, 2.75) is 58.7 Å². The van der Waals surface area contributed by atoms with E-state index in [-0.39, 0.29) is 0 Å². The van der Waals surface area contributed by atoms with Crippen LogP contribution in [0.5, 0.6) is 5.75 Å². The zero-order valence-electron chi connectivity index (χ0n) is 14.1. The monoisotopic (exact) mass is 344 g/mol. The highest BCUT2D eigenvalue weighted by Gasteiger charge is 2.32. The fourth-order valence-corrected chi connectivity index (χ4v) is 3.46. The highest BCUT2D eigenvalue weighted by atomic mass is 19.4. The minimum absolute atomic E-state index is 0.465. The van der Waals surface area contributed by atoms with Gasteiger partial charge in [0.2, 0.25) is 0 Å². The topological polar surface area (TPSA) is 9.23 Å². The summed E-state index contributed by atoms with van der Waals surface area (Å²) in [6.45, 7) is 4.08. The molecule has 0 spiro atoms. The molecule has 1 aliphatic rings. The quantitative estimate of drug-likeness (QED) is 0.538. The fourth-order valence-electron chi connectivity index (χ4n) is 3.46. The molecule has 0 N–H and O–H groups in total. The molecule has 0 atom stereocenters. The number of rotatable bonds is 5. The van der Waals surface area contributed by atoms with E-state index in [1.54, 1.807) is 0 Å². The maximum absolute atomic E-state index is 13.8. The molecule has 2 rings (SSSR count). The van der Waals surface area contributed by atoms with Gasteiger partial charge in [-0.25, -0.2) is 4.39 Å². The van der Waals surface area contributed by atoms with Gasteiger partial charge in [-0.15, -0.1) is 13.2 Å². The molecule has 1 aromatic carbocycles. The van der Waals surface area contributed by atoms with Crippen LogP contribution in [0.25, 0.3) is 5.57 Å². The second-order valence-electron chi connectivity index (χ2n) is 6.61. The van der Waals surface area contributed by atoms with Gasteiger partial charge in [-0.3, -0.25) is 0 Å². The van der Waals surface area contributed by atoms with Crippen molar-refractivity contribution in [3.05, 3.63) is 35.7 Å². The van der Waals surface area contributed by atoms with Crippen LogP contribution in [0.2, 0.25) is 0 Å². The Morgan fingerprint density at radius 2 is 1.88 bits per heavy atom. The van der Waals surface area contributed by atoms with E-state index in [4.69, 9.17) is 0 Å². The molecule has 1 aliphatic carbocycles. The minimum Gasteiger partial charge on any atom is -0.403 e. The molecule has 24 heavy (non-hydrogen) atoms. The van der Waals surface area contributed by atoms with Gasteiger partial charge in [-0.05, 0) is 67.7 Å². The van der Waals surface area contributed by atoms with E-state index in [9.17, 15) is 17.6 Å². The molecule has 134 valence electrons. The van der Waals surface area contributed by atoms with Crippen molar-refractivity contribution < 1.29 is 22.3 Å². The predicted molar refractivity (Wildman–Crippen MR) is 87.1 cm³/mol. The van der Waals surface area contributed by atoms with E-state index in [0.717, 1.165) is 36.5 Å². The number of halogens is 4. The van der Waals surface area contributed by atoms with E-state index in [2.05, 4.69) is 17.7 Å². The zero-order chi connectivity index (χ0) is 17.7. The summed E-state index contributed by atoms with van der Waals surface area (Å²) in [6, 6.07) is 3.61. The third kappa shape index (κ3) is 5.53. The first-order valence-corrected chi connectivity index (χ1v) is 8.52. The minimum atomic E-state index is -4.88. The van der Waals surface area contributed by atoms with Crippen molar-refractivity contribution in [2.75, 3.05) is 0 Å². The summed E-state index contributed by atoms with van der Waals surface area (Å²) in [5.74, 6) is -0.508. The lowest BCUT2D eigenvalue weighted by atomic mass is 9.79. The van der Waals surface area contributed by atoms with Crippen molar-refractivity contribution in [1.29, 1.82) is 0 Å². The number of benzene rings is 1. The Morgan fingerprint density at radius 1 is 1.21 bits per heavy atom. The number of hydrogen-bond donors (Lipinski definition) is 0. The van der Waals surface area contributed by atoms with Gasteiger partial charge in [0.05, 0.1) is 0 Å². The number of alkyl halides is 3. The highest BCUT2D eigenvalue weighted by Crippen LogP contribution is 2.34. The van der Waals surface area contributed by atoms with Crippen LogP contribution in [0.1, 0.15) is 57.9 Å². The van der Waals surface area contributed by atoms with Crippen LogP contribution in [0, 0.1) is 17.7 Å². The van der Waals surface area contributed by atoms with Gasteiger partial charge in [0, 0.05) is 0 Å². The third-order valence-electron chi connectivity index (χ3n) is 4.69. The second kappa shape index (κ2) is 8.04. The predicted octanol–water partition coefficient (Wildman–Crippen LogP) is 6.73. The van der Waals surface area contributed by atoms with Gasteiger partial charge in [0.15, 0.2) is 11.6 Å². The van der Waals surface area contributed by atoms with E-state index in [1.807, 2.05) is 6.92 Å². The Kier molecular flexibility index (Phi) is 6.30. The van der Waals surface area contributed by atoms with Gasteiger partial charge in [0.25, 0.3) is 0 Å². The Morgan fingerprint density at radius 3 is 2.42 bits per heavy atom. The maximum Gasteiger partial charge on any atom is 0.573 e. The van der Waals surface area contributed by atoms with Gasteiger partial charge >= 0.3 is 6.36 Å². The number of allylic oxidation sites excluding steroid dienone is 2. The average Bonchev–Trinajstić information content (AvgIpc) is 2.50. The summed E-state index contributed by atoms with van der Waals surface area (Å²) in [5.41, 5.74) is 1.49. The van der Waals surface area contributed by atoms with Crippen LogP contribution >= 0.6 is 0 Å². The first kappa shape index (κ1) is 18.8. The molecule has 0 heterocycles. The molecule has 0 unspecified atom stereocenters. The van der Waals surface area contributed by atoms with Crippen molar-refractivity contribution in [3.63, 3.8) is 0 Å². The van der Waals surface area contributed by atoms with E-state index in [0.29, 0.717) is 11.5 Å². The Balaban J connectivity index is 2.02. The summed E-state index contributed by atoms with van der Waals surface area (Å²) < 4.78 is 54.0. The molecule has 0 bridgehead atoms. The number of ether oxygens (including phenoxy) is 1. The number of hydrogen-bond acceptors (Lipinski definition) is 1. The largest absolute Gasteiger partial charge is 0.573 e. The lowest BCUT2D eigenvalue weighted by molar-refractivity contribution is -0.275. The lowest BCUT2D eigenvalue weighted by Crippen LogP contribution is -2.18. The molecular weight excluding hydrogens is 320 g/mol. The van der Waals surface area contributed by atoms with Gasteiger partial charge in [0.1, 0.15) is 0 Å². The molecular formula is C19H24F4O. The molecule has 1 fully saturated rings. The summed E-state index contributed by atoms with van der Waals surface area (Å²) in [4.78, 5) is 0. The van der Waals surface area contributed by atoms with Crippen LogP contribution in [-0.4, -0.2) is 6.36 Å². The van der Waals surface area contributed by atoms with E-state index >= 15 is 0 Å². The summed E-state index contributed by atoms with van der Waals surface area (Å²) >= 11 is 0. The van der Waals surface area contributed by atoms with Crippen LogP contribution in [0.4, 0.5) is 17.6 Å². The van der Waals surface area contributed by atoms with Crippen LogP contribution in [0.3, 0.4) is 0 Å².